The number of benzene rings is 2. The van der Waals surface area contributed by atoms with Gasteiger partial charge in [0.2, 0.25) is 5.91 Å². The van der Waals surface area contributed by atoms with Crippen LogP contribution in [0.15, 0.2) is 48.5 Å². The molecule has 2 aromatic carbocycles. The third-order valence-corrected chi connectivity index (χ3v) is 4.67. The molecule has 1 saturated heterocycles. The second-order valence-corrected chi connectivity index (χ2v) is 6.38. The first-order valence-corrected chi connectivity index (χ1v) is 8.73. The maximum atomic E-state index is 12.3. The van der Waals surface area contributed by atoms with Gasteiger partial charge in [0, 0.05) is 30.0 Å². The highest BCUT2D eigenvalue weighted by atomic mass is 16.5. The monoisotopic (exact) mass is 352 g/mol. The largest absolute Gasteiger partial charge is 0.453 e. The van der Waals surface area contributed by atoms with Crippen molar-refractivity contribution >= 4 is 23.3 Å². The SMILES string of the molecule is O=C(CC1OC(=O)c2ccccc21)Nc1ccc(N2CCOCC2)cc1. The zero-order chi connectivity index (χ0) is 17.9. The Morgan fingerprint density at radius 1 is 1.08 bits per heavy atom. The number of nitrogens with zero attached hydrogens (tertiary/aromatic N) is 1. The van der Waals surface area contributed by atoms with E-state index in [1.807, 2.05) is 36.4 Å². The third-order valence-electron chi connectivity index (χ3n) is 4.67. The highest BCUT2D eigenvalue weighted by molar-refractivity contribution is 5.96. The number of amides is 1. The fraction of sp³-hybridized carbons (Fsp3) is 0.300. The van der Waals surface area contributed by atoms with E-state index in [4.69, 9.17) is 9.47 Å². The number of carbonyl (C=O) groups excluding carboxylic acids is 2. The van der Waals surface area contributed by atoms with Gasteiger partial charge >= 0.3 is 5.97 Å². The van der Waals surface area contributed by atoms with E-state index in [-0.39, 0.29) is 18.3 Å². The molecule has 1 fully saturated rings. The summed E-state index contributed by atoms with van der Waals surface area (Å²) in [4.78, 5) is 26.4. The predicted octanol–water partition coefficient (Wildman–Crippen LogP) is 2.76. The molecule has 134 valence electrons. The average Bonchev–Trinajstić information content (AvgIpc) is 2.99. The lowest BCUT2D eigenvalue weighted by atomic mass is 10.0. The lowest BCUT2D eigenvalue weighted by Gasteiger charge is -2.28. The summed E-state index contributed by atoms with van der Waals surface area (Å²) in [5.74, 6) is -0.549. The van der Waals surface area contributed by atoms with Crippen LogP contribution in [0.5, 0.6) is 0 Å². The molecule has 6 nitrogen and oxygen atoms in total. The Morgan fingerprint density at radius 3 is 2.58 bits per heavy atom. The number of esters is 1. The van der Waals surface area contributed by atoms with E-state index in [9.17, 15) is 9.59 Å². The minimum absolute atomic E-state index is 0.105. The number of carbonyl (C=O) groups is 2. The molecule has 2 aromatic rings. The Hall–Kier alpha value is -2.86. The maximum absolute atomic E-state index is 12.3. The van der Waals surface area contributed by atoms with E-state index in [2.05, 4.69) is 10.2 Å². The van der Waals surface area contributed by atoms with Crippen molar-refractivity contribution in [1.29, 1.82) is 0 Å². The maximum Gasteiger partial charge on any atom is 0.339 e. The summed E-state index contributed by atoms with van der Waals surface area (Å²) in [5.41, 5.74) is 3.16. The zero-order valence-electron chi connectivity index (χ0n) is 14.3. The number of hydrogen-bond donors (Lipinski definition) is 1. The van der Waals surface area contributed by atoms with Gasteiger partial charge in [0.1, 0.15) is 6.10 Å². The first-order chi connectivity index (χ1) is 12.7. The summed E-state index contributed by atoms with van der Waals surface area (Å²) >= 11 is 0. The molecule has 2 heterocycles. The molecule has 1 atom stereocenters. The van der Waals surface area contributed by atoms with Crippen LogP contribution >= 0.6 is 0 Å². The van der Waals surface area contributed by atoms with Crippen LogP contribution in [-0.2, 0) is 14.3 Å². The number of anilines is 2. The van der Waals surface area contributed by atoms with Gasteiger partial charge in [-0.3, -0.25) is 4.79 Å². The van der Waals surface area contributed by atoms with Gasteiger partial charge in [-0.2, -0.15) is 0 Å². The summed E-state index contributed by atoms with van der Waals surface area (Å²) in [5, 5.41) is 2.87. The van der Waals surface area contributed by atoms with E-state index < -0.39 is 6.10 Å². The number of morpholine rings is 1. The molecule has 4 rings (SSSR count). The molecule has 1 amide bonds. The van der Waals surface area contributed by atoms with Crippen LogP contribution in [-0.4, -0.2) is 38.2 Å². The number of ether oxygens (including phenoxy) is 2. The third kappa shape index (κ3) is 3.41. The molecule has 2 aliphatic rings. The second-order valence-electron chi connectivity index (χ2n) is 6.38. The predicted molar refractivity (Wildman–Crippen MR) is 97.3 cm³/mol. The normalized spacial score (nSPS) is 19.0. The van der Waals surface area contributed by atoms with Crippen LogP contribution in [0.2, 0.25) is 0 Å². The van der Waals surface area contributed by atoms with E-state index in [0.29, 0.717) is 5.56 Å². The van der Waals surface area contributed by atoms with Crippen molar-refractivity contribution in [1.82, 2.24) is 0 Å². The summed E-state index contributed by atoms with van der Waals surface area (Å²) in [6, 6.07) is 14.9. The Kier molecular flexibility index (Phi) is 4.58. The van der Waals surface area contributed by atoms with Crippen LogP contribution < -0.4 is 10.2 Å². The molecule has 0 aromatic heterocycles. The number of fused-ring (bicyclic) bond motifs is 1. The van der Waals surface area contributed by atoms with Gasteiger partial charge in [-0.1, -0.05) is 18.2 Å². The zero-order valence-corrected chi connectivity index (χ0v) is 14.3. The Balaban J connectivity index is 1.37. The van der Waals surface area contributed by atoms with Crippen molar-refractivity contribution in [2.45, 2.75) is 12.5 Å². The fourth-order valence-electron chi connectivity index (χ4n) is 3.33. The molecule has 2 aliphatic heterocycles. The van der Waals surface area contributed by atoms with Crippen molar-refractivity contribution in [2.24, 2.45) is 0 Å². The van der Waals surface area contributed by atoms with Crippen molar-refractivity contribution in [3.8, 4) is 0 Å². The van der Waals surface area contributed by atoms with Gasteiger partial charge in [-0.15, -0.1) is 0 Å². The summed E-state index contributed by atoms with van der Waals surface area (Å²) in [6.07, 6.45) is -0.417. The molecule has 0 radical (unpaired) electrons. The highest BCUT2D eigenvalue weighted by Crippen LogP contribution is 2.33. The quantitative estimate of drug-likeness (QED) is 0.857. The second kappa shape index (κ2) is 7.17. The topological polar surface area (TPSA) is 67.9 Å². The Morgan fingerprint density at radius 2 is 1.81 bits per heavy atom. The average molecular weight is 352 g/mol. The van der Waals surface area contributed by atoms with Gasteiger partial charge in [0.25, 0.3) is 0 Å². The fourth-order valence-corrected chi connectivity index (χ4v) is 3.33. The van der Waals surface area contributed by atoms with Crippen molar-refractivity contribution in [3.05, 3.63) is 59.7 Å². The van der Waals surface area contributed by atoms with Gasteiger partial charge in [0.05, 0.1) is 25.2 Å². The number of nitrogens with one attached hydrogen (secondary N) is 1. The molecule has 0 saturated carbocycles. The first-order valence-electron chi connectivity index (χ1n) is 8.73. The van der Waals surface area contributed by atoms with E-state index in [1.54, 1.807) is 12.1 Å². The van der Waals surface area contributed by atoms with E-state index >= 15 is 0 Å². The number of rotatable bonds is 4. The van der Waals surface area contributed by atoms with Gasteiger partial charge in [-0.05, 0) is 30.3 Å². The van der Waals surface area contributed by atoms with Gasteiger partial charge in [-0.25, -0.2) is 4.79 Å². The molecule has 0 aliphatic carbocycles. The first kappa shape index (κ1) is 16.6. The molecule has 0 bridgehead atoms. The Bertz CT molecular complexity index is 813. The lowest BCUT2D eigenvalue weighted by molar-refractivity contribution is -0.118. The van der Waals surface area contributed by atoms with Crippen LogP contribution in [0.3, 0.4) is 0 Å². The van der Waals surface area contributed by atoms with Crippen LogP contribution in [0.25, 0.3) is 0 Å². The molecule has 1 N–H and O–H groups in total. The molecule has 6 heteroatoms. The summed E-state index contributed by atoms with van der Waals surface area (Å²) < 4.78 is 10.7. The van der Waals surface area contributed by atoms with E-state index in [1.165, 1.54) is 0 Å². The van der Waals surface area contributed by atoms with Crippen LogP contribution in [0, 0.1) is 0 Å². The number of hydrogen-bond acceptors (Lipinski definition) is 5. The van der Waals surface area contributed by atoms with Crippen molar-refractivity contribution in [3.63, 3.8) is 0 Å². The van der Waals surface area contributed by atoms with Crippen molar-refractivity contribution in [2.75, 3.05) is 36.5 Å². The molecular formula is C20H20N2O4. The number of cyclic esters (lactones) is 1. The van der Waals surface area contributed by atoms with Crippen LogP contribution in [0.1, 0.15) is 28.4 Å². The molecule has 1 unspecified atom stereocenters. The van der Waals surface area contributed by atoms with Gasteiger partial charge in [0.15, 0.2) is 0 Å². The highest BCUT2D eigenvalue weighted by Gasteiger charge is 2.32. The van der Waals surface area contributed by atoms with Gasteiger partial charge < -0.3 is 19.7 Å². The van der Waals surface area contributed by atoms with Crippen LogP contribution in [0.4, 0.5) is 11.4 Å². The smallest absolute Gasteiger partial charge is 0.339 e. The Labute approximate surface area is 151 Å². The lowest BCUT2D eigenvalue weighted by Crippen LogP contribution is -2.36. The summed E-state index contributed by atoms with van der Waals surface area (Å²) in [7, 11) is 0. The molecular weight excluding hydrogens is 332 g/mol. The van der Waals surface area contributed by atoms with Crippen molar-refractivity contribution < 1.29 is 19.1 Å². The minimum atomic E-state index is -0.522. The summed E-state index contributed by atoms with van der Waals surface area (Å²) in [6.45, 7) is 3.22. The minimum Gasteiger partial charge on any atom is -0.453 e. The standard InChI is InChI=1S/C20H20N2O4/c23-19(13-18-16-3-1-2-4-17(16)20(24)26-18)21-14-5-7-15(8-6-14)22-9-11-25-12-10-22/h1-8,18H,9-13H2,(H,21,23). The molecule has 0 spiro atoms. The van der Waals surface area contributed by atoms with E-state index in [0.717, 1.165) is 43.2 Å². The molecule has 26 heavy (non-hydrogen) atoms.